The Labute approximate surface area is 187 Å². The highest BCUT2D eigenvalue weighted by atomic mass is 32.1. The second-order valence-corrected chi connectivity index (χ2v) is 7.57. The minimum atomic E-state index is -4.36. The molecule has 1 aromatic heterocycles. The van der Waals surface area contributed by atoms with Crippen molar-refractivity contribution < 1.29 is 27.4 Å². The van der Waals surface area contributed by atoms with E-state index < -0.39 is 11.7 Å². The molecule has 0 saturated carbocycles. The van der Waals surface area contributed by atoms with Crippen LogP contribution in [0.3, 0.4) is 0 Å². The van der Waals surface area contributed by atoms with E-state index in [-0.39, 0.29) is 5.91 Å². The largest absolute Gasteiger partial charge is 0.493 e. The van der Waals surface area contributed by atoms with Crippen LogP contribution in [0.5, 0.6) is 11.5 Å². The number of benzene rings is 2. The van der Waals surface area contributed by atoms with E-state index in [2.05, 4.69) is 10.3 Å². The first-order chi connectivity index (χ1) is 15.3. The Morgan fingerprint density at radius 3 is 2.47 bits per heavy atom. The molecule has 3 rings (SSSR count). The summed E-state index contributed by atoms with van der Waals surface area (Å²) in [5.74, 6) is 0.924. The van der Waals surface area contributed by atoms with E-state index >= 15 is 0 Å². The summed E-state index contributed by atoms with van der Waals surface area (Å²) in [7, 11) is 3.09. The molecule has 0 aliphatic heterocycles. The van der Waals surface area contributed by atoms with Crippen LogP contribution in [0.15, 0.2) is 53.9 Å². The van der Waals surface area contributed by atoms with Gasteiger partial charge in [0.2, 0.25) is 5.91 Å². The van der Waals surface area contributed by atoms with Crippen molar-refractivity contribution in [3.05, 3.63) is 70.7 Å². The molecule has 32 heavy (non-hydrogen) atoms. The zero-order valence-corrected chi connectivity index (χ0v) is 18.2. The zero-order valence-electron chi connectivity index (χ0n) is 17.4. The standard InChI is InChI=1S/C23H21F3N2O3S/c1-30-19-9-3-15(13-20(19)31-2)4-10-21(29)27-12-11-18-14-32-22(28-18)16-5-7-17(8-6-16)23(24,25)26/h3-10,13-14H,11-12H2,1-2H3,(H,27,29). The Morgan fingerprint density at radius 1 is 1.09 bits per heavy atom. The number of carbonyl (C=O) groups excluding carboxylic acids is 1. The predicted octanol–water partition coefficient (Wildman–Crippen LogP) is 5.22. The fourth-order valence-corrected chi connectivity index (χ4v) is 3.72. The molecular weight excluding hydrogens is 441 g/mol. The summed E-state index contributed by atoms with van der Waals surface area (Å²) in [5.41, 5.74) is 1.48. The number of aromatic nitrogens is 1. The average molecular weight is 462 g/mol. The van der Waals surface area contributed by atoms with Crippen LogP contribution in [0, 0.1) is 0 Å². The van der Waals surface area contributed by atoms with Crippen molar-refractivity contribution in [2.24, 2.45) is 0 Å². The normalized spacial score (nSPS) is 11.5. The number of nitrogens with zero attached hydrogens (tertiary/aromatic N) is 1. The topological polar surface area (TPSA) is 60.5 Å². The maximum Gasteiger partial charge on any atom is 0.416 e. The van der Waals surface area contributed by atoms with E-state index in [9.17, 15) is 18.0 Å². The van der Waals surface area contributed by atoms with Gasteiger partial charge in [-0.05, 0) is 35.9 Å². The van der Waals surface area contributed by atoms with Crippen LogP contribution in [0.4, 0.5) is 13.2 Å². The van der Waals surface area contributed by atoms with Crippen molar-refractivity contribution in [2.45, 2.75) is 12.6 Å². The van der Waals surface area contributed by atoms with Crippen LogP contribution in [0.25, 0.3) is 16.6 Å². The fourth-order valence-electron chi connectivity index (χ4n) is 2.86. The van der Waals surface area contributed by atoms with Crippen molar-refractivity contribution in [3.63, 3.8) is 0 Å². The molecule has 0 fully saturated rings. The monoisotopic (exact) mass is 462 g/mol. The van der Waals surface area contributed by atoms with Crippen LogP contribution in [-0.2, 0) is 17.4 Å². The van der Waals surface area contributed by atoms with Crippen LogP contribution >= 0.6 is 11.3 Å². The SMILES string of the molecule is COc1ccc(C=CC(=O)NCCc2csc(-c3ccc(C(F)(F)F)cc3)n2)cc1OC. The molecule has 0 aliphatic rings. The number of carbonyl (C=O) groups is 1. The van der Waals surface area contributed by atoms with Gasteiger partial charge >= 0.3 is 6.18 Å². The van der Waals surface area contributed by atoms with Gasteiger partial charge in [0.25, 0.3) is 0 Å². The van der Waals surface area contributed by atoms with Gasteiger partial charge in [-0.15, -0.1) is 11.3 Å². The summed E-state index contributed by atoms with van der Waals surface area (Å²) in [4.78, 5) is 16.5. The van der Waals surface area contributed by atoms with Crippen LogP contribution in [-0.4, -0.2) is 31.7 Å². The molecule has 0 radical (unpaired) electrons. The number of ether oxygens (including phenoxy) is 2. The van der Waals surface area contributed by atoms with E-state index in [0.717, 1.165) is 23.4 Å². The zero-order chi connectivity index (χ0) is 23.1. The van der Waals surface area contributed by atoms with E-state index in [0.29, 0.717) is 35.0 Å². The first kappa shape index (κ1) is 23.3. The molecule has 3 aromatic rings. The van der Waals surface area contributed by atoms with Gasteiger partial charge in [0.05, 0.1) is 25.5 Å². The van der Waals surface area contributed by atoms with Gasteiger partial charge in [-0.25, -0.2) is 4.98 Å². The molecular formula is C23H21F3N2O3S. The lowest BCUT2D eigenvalue weighted by Gasteiger charge is -2.07. The van der Waals surface area contributed by atoms with Gasteiger partial charge < -0.3 is 14.8 Å². The van der Waals surface area contributed by atoms with E-state index in [1.807, 2.05) is 11.4 Å². The lowest BCUT2D eigenvalue weighted by molar-refractivity contribution is -0.137. The first-order valence-corrected chi connectivity index (χ1v) is 10.5. The summed E-state index contributed by atoms with van der Waals surface area (Å²) in [6, 6.07) is 10.2. The summed E-state index contributed by atoms with van der Waals surface area (Å²) in [6.07, 6.45) is -0.759. The number of hydrogen-bond donors (Lipinski definition) is 1. The Morgan fingerprint density at radius 2 is 1.81 bits per heavy atom. The molecule has 9 heteroatoms. The minimum Gasteiger partial charge on any atom is -0.493 e. The second-order valence-electron chi connectivity index (χ2n) is 6.71. The summed E-state index contributed by atoms with van der Waals surface area (Å²) in [6.45, 7) is 0.380. The van der Waals surface area contributed by atoms with Crippen LogP contribution < -0.4 is 14.8 Å². The Bertz CT molecular complexity index is 1090. The van der Waals surface area contributed by atoms with E-state index in [4.69, 9.17) is 9.47 Å². The molecule has 0 spiro atoms. The molecule has 1 heterocycles. The molecule has 1 N–H and O–H groups in total. The quantitative estimate of drug-likeness (QED) is 0.467. The highest BCUT2D eigenvalue weighted by Gasteiger charge is 2.30. The molecule has 0 unspecified atom stereocenters. The summed E-state index contributed by atoms with van der Waals surface area (Å²) >= 11 is 1.35. The number of methoxy groups -OCH3 is 2. The lowest BCUT2D eigenvalue weighted by Crippen LogP contribution is -2.23. The molecule has 5 nitrogen and oxygen atoms in total. The number of amides is 1. The van der Waals surface area contributed by atoms with Crippen molar-refractivity contribution in [2.75, 3.05) is 20.8 Å². The number of thiazole rings is 1. The number of halogens is 3. The molecule has 2 aromatic carbocycles. The second kappa shape index (κ2) is 10.3. The van der Waals surface area contributed by atoms with Crippen LogP contribution in [0.1, 0.15) is 16.8 Å². The maximum absolute atomic E-state index is 12.7. The van der Waals surface area contributed by atoms with Crippen molar-refractivity contribution in [1.29, 1.82) is 0 Å². The highest BCUT2D eigenvalue weighted by molar-refractivity contribution is 7.13. The third-order valence-corrected chi connectivity index (χ3v) is 5.47. The van der Waals surface area contributed by atoms with Gasteiger partial charge in [-0.1, -0.05) is 18.2 Å². The Kier molecular flexibility index (Phi) is 7.53. The minimum absolute atomic E-state index is 0.252. The van der Waals surface area contributed by atoms with Gasteiger partial charge in [0, 0.05) is 30.0 Å². The van der Waals surface area contributed by atoms with Gasteiger partial charge in [-0.2, -0.15) is 13.2 Å². The van der Waals surface area contributed by atoms with Crippen molar-refractivity contribution >= 4 is 23.3 Å². The highest BCUT2D eigenvalue weighted by Crippen LogP contribution is 2.32. The summed E-state index contributed by atoms with van der Waals surface area (Å²) in [5, 5.41) is 5.25. The predicted molar refractivity (Wildman–Crippen MR) is 118 cm³/mol. The number of alkyl halides is 3. The fraction of sp³-hybridized carbons (Fsp3) is 0.217. The van der Waals surface area contributed by atoms with E-state index in [1.165, 1.54) is 29.5 Å². The summed E-state index contributed by atoms with van der Waals surface area (Å²) < 4.78 is 48.5. The Balaban J connectivity index is 1.51. The molecule has 0 bridgehead atoms. The lowest BCUT2D eigenvalue weighted by atomic mass is 10.1. The molecule has 1 amide bonds. The third-order valence-electron chi connectivity index (χ3n) is 4.53. The van der Waals surface area contributed by atoms with Gasteiger partial charge in [0.15, 0.2) is 11.5 Å². The molecule has 0 aliphatic carbocycles. The van der Waals surface area contributed by atoms with Crippen LogP contribution in [0.2, 0.25) is 0 Å². The maximum atomic E-state index is 12.7. The molecule has 0 saturated heterocycles. The molecule has 168 valence electrons. The van der Waals surface area contributed by atoms with E-state index in [1.54, 1.807) is 32.4 Å². The smallest absolute Gasteiger partial charge is 0.416 e. The van der Waals surface area contributed by atoms with Crippen molar-refractivity contribution in [1.82, 2.24) is 10.3 Å². The Hall–Kier alpha value is -3.33. The van der Waals surface area contributed by atoms with Gasteiger partial charge in [-0.3, -0.25) is 4.79 Å². The van der Waals surface area contributed by atoms with Gasteiger partial charge in [0.1, 0.15) is 5.01 Å². The number of hydrogen-bond acceptors (Lipinski definition) is 5. The first-order valence-electron chi connectivity index (χ1n) is 9.60. The average Bonchev–Trinajstić information content (AvgIpc) is 3.26. The number of nitrogens with one attached hydrogen (secondary N) is 1. The number of rotatable bonds is 8. The third kappa shape index (κ3) is 6.10. The molecule has 0 atom stereocenters. The van der Waals surface area contributed by atoms with Crippen molar-refractivity contribution in [3.8, 4) is 22.1 Å².